The van der Waals surface area contributed by atoms with Crippen molar-refractivity contribution in [2.45, 2.75) is 38.5 Å². The fourth-order valence-corrected chi connectivity index (χ4v) is 2.68. The lowest BCUT2D eigenvalue weighted by molar-refractivity contribution is 0.209. The van der Waals surface area contributed by atoms with Gasteiger partial charge in [0.2, 0.25) is 0 Å². The lowest BCUT2D eigenvalue weighted by Crippen LogP contribution is -2.33. The molecule has 2 nitrogen and oxygen atoms in total. The van der Waals surface area contributed by atoms with Crippen LogP contribution in [0.25, 0.3) is 0 Å². The van der Waals surface area contributed by atoms with Gasteiger partial charge >= 0.3 is 0 Å². The summed E-state index contributed by atoms with van der Waals surface area (Å²) in [4.78, 5) is 2.60. The summed E-state index contributed by atoms with van der Waals surface area (Å²) in [7, 11) is 0. The minimum atomic E-state index is 0.719. The maximum absolute atomic E-state index is 5.85. The number of anilines is 1. The maximum atomic E-state index is 5.85. The number of hydrogen-bond acceptors (Lipinski definition) is 2. The summed E-state index contributed by atoms with van der Waals surface area (Å²) in [5.41, 5.74) is 8.18. The van der Waals surface area contributed by atoms with Crippen LogP contribution in [0.5, 0.6) is 0 Å². The molecule has 0 radical (unpaired) electrons. The highest BCUT2D eigenvalue weighted by atomic mass is 15.1. The van der Waals surface area contributed by atoms with Crippen LogP contribution >= 0.6 is 0 Å². The molecule has 1 aliphatic heterocycles. The lowest BCUT2D eigenvalue weighted by atomic mass is 9.89. The molecule has 1 saturated heterocycles. The van der Waals surface area contributed by atoms with Gasteiger partial charge in [-0.2, -0.15) is 0 Å². The predicted molar refractivity (Wildman–Crippen MR) is 74.2 cm³/mol. The number of unbranched alkanes of at least 4 members (excludes halogenated alkanes) is 1. The van der Waals surface area contributed by atoms with Gasteiger partial charge in [0.25, 0.3) is 0 Å². The zero-order valence-corrected chi connectivity index (χ0v) is 10.9. The van der Waals surface area contributed by atoms with Crippen molar-refractivity contribution in [2.75, 3.05) is 25.4 Å². The Hall–Kier alpha value is -1.02. The van der Waals surface area contributed by atoms with Crippen molar-refractivity contribution < 1.29 is 0 Å². The van der Waals surface area contributed by atoms with E-state index in [-0.39, 0.29) is 0 Å². The molecule has 1 aliphatic rings. The number of nitrogens with zero attached hydrogens (tertiary/aromatic N) is 1. The van der Waals surface area contributed by atoms with Gasteiger partial charge in [0, 0.05) is 5.69 Å². The first kappa shape index (κ1) is 12.4. The molecular formula is C15H24N2. The fraction of sp³-hybridized carbons (Fsp3) is 0.600. The van der Waals surface area contributed by atoms with Crippen LogP contribution in [0.1, 0.15) is 44.1 Å². The maximum Gasteiger partial charge on any atom is 0.0316 e. The second kappa shape index (κ2) is 6.06. The Balaban J connectivity index is 1.86. The van der Waals surface area contributed by atoms with Crippen molar-refractivity contribution in [1.82, 2.24) is 4.90 Å². The van der Waals surface area contributed by atoms with Crippen LogP contribution in [0.2, 0.25) is 0 Å². The van der Waals surface area contributed by atoms with Crippen molar-refractivity contribution in [1.29, 1.82) is 0 Å². The molecule has 0 aromatic heterocycles. The minimum Gasteiger partial charge on any atom is -0.399 e. The Labute approximate surface area is 105 Å². The fourth-order valence-electron chi connectivity index (χ4n) is 2.68. The molecule has 17 heavy (non-hydrogen) atoms. The van der Waals surface area contributed by atoms with Gasteiger partial charge in [0.1, 0.15) is 0 Å². The molecule has 1 fully saturated rings. The van der Waals surface area contributed by atoms with E-state index in [1.165, 1.54) is 50.9 Å². The number of likely N-dealkylation sites (tertiary alicyclic amines) is 1. The zero-order valence-electron chi connectivity index (χ0n) is 10.9. The first-order valence-electron chi connectivity index (χ1n) is 6.87. The largest absolute Gasteiger partial charge is 0.399 e. The highest BCUT2D eigenvalue weighted by molar-refractivity contribution is 5.41. The van der Waals surface area contributed by atoms with E-state index in [9.17, 15) is 0 Å². The van der Waals surface area contributed by atoms with E-state index in [0.717, 1.165) is 11.6 Å². The minimum absolute atomic E-state index is 0.719. The van der Waals surface area contributed by atoms with Crippen LogP contribution in [0.4, 0.5) is 5.69 Å². The lowest BCUT2D eigenvalue weighted by Gasteiger charge is -2.32. The normalized spacial score (nSPS) is 18.4. The second-order valence-electron chi connectivity index (χ2n) is 5.14. The number of nitrogens with two attached hydrogens (primary N) is 1. The van der Waals surface area contributed by atoms with E-state index in [2.05, 4.69) is 30.0 Å². The number of piperidine rings is 1. The molecule has 2 N–H and O–H groups in total. The summed E-state index contributed by atoms with van der Waals surface area (Å²) < 4.78 is 0. The Kier molecular flexibility index (Phi) is 4.43. The summed E-state index contributed by atoms with van der Waals surface area (Å²) in [5.74, 6) is 0.719. The third-order valence-corrected chi connectivity index (χ3v) is 3.80. The number of rotatable bonds is 4. The molecule has 0 aliphatic carbocycles. The van der Waals surface area contributed by atoms with Crippen molar-refractivity contribution in [3.05, 3.63) is 29.8 Å². The van der Waals surface area contributed by atoms with E-state index in [1.54, 1.807) is 0 Å². The van der Waals surface area contributed by atoms with E-state index in [1.807, 2.05) is 6.07 Å². The van der Waals surface area contributed by atoms with Crippen molar-refractivity contribution in [3.8, 4) is 0 Å². The SMILES string of the molecule is CCCCN1CCC(c2cccc(N)c2)CC1. The first-order chi connectivity index (χ1) is 8.29. The van der Waals surface area contributed by atoms with E-state index in [0.29, 0.717) is 0 Å². The summed E-state index contributed by atoms with van der Waals surface area (Å²) in [6.45, 7) is 6.04. The van der Waals surface area contributed by atoms with Gasteiger partial charge in [0.15, 0.2) is 0 Å². The molecule has 1 aromatic rings. The Morgan fingerprint density at radius 2 is 2.06 bits per heavy atom. The van der Waals surface area contributed by atoms with E-state index in [4.69, 9.17) is 5.73 Å². The molecule has 0 unspecified atom stereocenters. The van der Waals surface area contributed by atoms with Crippen LogP contribution in [0.15, 0.2) is 24.3 Å². The van der Waals surface area contributed by atoms with Crippen LogP contribution in [0, 0.1) is 0 Å². The number of benzene rings is 1. The third kappa shape index (κ3) is 3.47. The summed E-state index contributed by atoms with van der Waals surface area (Å²) >= 11 is 0. The van der Waals surface area contributed by atoms with Gasteiger partial charge in [-0.05, 0) is 62.5 Å². The van der Waals surface area contributed by atoms with Crippen LogP contribution in [-0.4, -0.2) is 24.5 Å². The summed E-state index contributed by atoms with van der Waals surface area (Å²) in [5, 5.41) is 0. The Morgan fingerprint density at radius 3 is 2.71 bits per heavy atom. The Morgan fingerprint density at radius 1 is 1.29 bits per heavy atom. The van der Waals surface area contributed by atoms with Gasteiger partial charge in [-0.15, -0.1) is 0 Å². The van der Waals surface area contributed by atoms with Crippen molar-refractivity contribution in [3.63, 3.8) is 0 Å². The highest BCUT2D eigenvalue weighted by Crippen LogP contribution is 2.28. The number of hydrogen-bond donors (Lipinski definition) is 1. The molecule has 0 amide bonds. The molecule has 94 valence electrons. The average Bonchev–Trinajstić information content (AvgIpc) is 2.37. The molecule has 0 bridgehead atoms. The quantitative estimate of drug-likeness (QED) is 0.807. The monoisotopic (exact) mass is 232 g/mol. The van der Waals surface area contributed by atoms with E-state index >= 15 is 0 Å². The molecule has 2 rings (SSSR count). The van der Waals surface area contributed by atoms with E-state index < -0.39 is 0 Å². The van der Waals surface area contributed by atoms with Gasteiger partial charge < -0.3 is 10.6 Å². The van der Waals surface area contributed by atoms with Crippen LogP contribution in [0.3, 0.4) is 0 Å². The predicted octanol–water partition coefficient (Wildman–Crippen LogP) is 3.25. The molecule has 0 saturated carbocycles. The molecule has 0 atom stereocenters. The Bertz CT molecular complexity index is 341. The topological polar surface area (TPSA) is 29.3 Å². The molecule has 0 spiro atoms. The zero-order chi connectivity index (χ0) is 12.1. The van der Waals surface area contributed by atoms with Gasteiger partial charge in [0.05, 0.1) is 0 Å². The third-order valence-electron chi connectivity index (χ3n) is 3.80. The highest BCUT2D eigenvalue weighted by Gasteiger charge is 2.19. The van der Waals surface area contributed by atoms with Gasteiger partial charge in [-0.1, -0.05) is 25.5 Å². The average molecular weight is 232 g/mol. The van der Waals surface area contributed by atoms with Gasteiger partial charge in [-0.25, -0.2) is 0 Å². The second-order valence-corrected chi connectivity index (χ2v) is 5.14. The molecule has 2 heteroatoms. The number of nitrogen functional groups attached to an aromatic ring is 1. The van der Waals surface area contributed by atoms with Gasteiger partial charge in [-0.3, -0.25) is 0 Å². The first-order valence-corrected chi connectivity index (χ1v) is 6.87. The van der Waals surface area contributed by atoms with Crippen molar-refractivity contribution >= 4 is 5.69 Å². The van der Waals surface area contributed by atoms with Crippen LogP contribution in [-0.2, 0) is 0 Å². The summed E-state index contributed by atoms with van der Waals surface area (Å²) in [6, 6.07) is 8.42. The molecular weight excluding hydrogens is 208 g/mol. The standard InChI is InChI=1S/C15H24N2/c1-2-3-9-17-10-7-13(8-11-17)14-5-4-6-15(16)12-14/h4-6,12-13H,2-3,7-11,16H2,1H3. The van der Waals surface area contributed by atoms with Crippen LogP contribution < -0.4 is 5.73 Å². The smallest absolute Gasteiger partial charge is 0.0316 e. The molecule has 1 heterocycles. The molecule has 1 aromatic carbocycles. The van der Waals surface area contributed by atoms with Crippen molar-refractivity contribution in [2.24, 2.45) is 0 Å². The summed E-state index contributed by atoms with van der Waals surface area (Å²) in [6.07, 6.45) is 5.21.